The van der Waals surface area contributed by atoms with E-state index in [2.05, 4.69) is 10.4 Å². The Bertz CT molecular complexity index is 991. The number of benzene rings is 2. The van der Waals surface area contributed by atoms with Crippen LogP contribution in [-0.4, -0.2) is 48.5 Å². The van der Waals surface area contributed by atoms with Crippen molar-refractivity contribution in [3.8, 4) is 0 Å². The number of anilines is 2. The van der Waals surface area contributed by atoms with Crippen molar-refractivity contribution < 1.29 is 14.4 Å². The molecule has 1 unspecified atom stereocenters. The van der Waals surface area contributed by atoms with Gasteiger partial charge < -0.3 is 16.0 Å². The van der Waals surface area contributed by atoms with Gasteiger partial charge in [0.1, 0.15) is 11.8 Å². The van der Waals surface area contributed by atoms with Gasteiger partial charge in [0.15, 0.2) is 0 Å². The van der Waals surface area contributed by atoms with Gasteiger partial charge in [-0.1, -0.05) is 29.8 Å². The number of nitrogens with two attached hydrogens (primary N) is 1. The fourth-order valence-electron chi connectivity index (χ4n) is 2.89. The van der Waals surface area contributed by atoms with Crippen LogP contribution in [0.3, 0.4) is 0 Å². The molecule has 29 heavy (non-hydrogen) atoms. The quantitative estimate of drug-likeness (QED) is 0.782. The van der Waals surface area contributed by atoms with Gasteiger partial charge in [-0.05, 0) is 30.3 Å². The van der Waals surface area contributed by atoms with E-state index in [-0.39, 0.29) is 28.7 Å². The van der Waals surface area contributed by atoms with E-state index in [4.69, 9.17) is 17.3 Å². The summed E-state index contributed by atoms with van der Waals surface area (Å²) in [6.45, 7) is 0. The summed E-state index contributed by atoms with van der Waals surface area (Å²) in [7, 11) is 3.26. The summed E-state index contributed by atoms with van der Waals surface area (Å²) < 4.78 is 0. The molecule has 0 aromatic heterocycles. The van der Waals surface area contributed by atoms with E-state index in [0.717, 1.165) is 0 Å². The summed E-state index contributed by atoms with van der Waals surface area (Å²) in [4.78, 5) is 38.2. The van der Waals surface area contributed by atoms with Crippen molar-refractivity contribution in [1.82, 2.24) is 4.90 Å². The van der Waals surface area contributed by atoms with Gasteiger partial charge in [0, 0.05) is 26.1 Å². The van der Waals surface area contributed by atoms with Crippen LogP contribution in [0.1, 0.15) is 16.8 Å². The molecule has 150 valence electrons. The second kappa shape index (κ2) is 8.32. The standard InChI is InChI=1S/C20H20ClN5O3/c1-25(2)20(29)12-8-9-14(21)15(10-12)23-19(28)16-11-17(18(22)27)26(24-16)13-6-4-3-5-7-13/h3-10,17H,11H2,1-2H3,(H2,22,27)(H,23,28). The second-order valence-electron chi connectivity index (χ2n) is 6.70. The van der Waals surface area contributed by atoms with E-state index in [1.165, 1.54) is 22.0 Å². The number of para-hydroxylation sites is 1. The highest BCUT2D eigenvalue weighted by Gasteiger charge is 2.35. The fourth-order valence-corrected chi connectivity index (χ4v) is 3.06. The molecule has 0 spiro atoms. The maximum absolute atomic E-state index is 12.8. The van der Waals surface area contributed by atoms with Crippen LogP contribution in [0.15, 0.2) is 53.6 Å². The van der Waals surface area contributed by atoms with Gasteiger partial charge in [0.25, 0.3) is 11.8 Å². The molecule has 2 aromatic rings. The zero-order valence-corrected chi connectivity index (χ0v) is 16.7. The first-order valence-electron chi connectivity index (χ1n) is 8.81. The number of nitrogens with one attached hydrogen (secondary N) is 1. The van der Waals surface area contributed by atoms with E-state index in [9.17, 15) is 14.4 Å². The molecule has 0 radical (unpaired) electrons. The van der Waals surface area contributed by atoms with Crippen molar-refractivity contribution >= 4 is 46.4 Å². The number of halogens is 1. The largest absolute Gasteiger partial charge is 0.368 e. The second-order valence-corrected chi connectivity index (χ2v) is 7.10. The molecule has 1 aliphatic heterocycles. The minimum Gasteiger partial charge on any atom is -0.368 e. The third kappa shape index (κ3) is 4.38. The Balaban J connectivity index is 1.85. The van der Waals surface area contributed by atoms with Crippen LogP contribution in [-0.2, 0) is 9.59 Å². The molecule has 0 saturated carbocycles. The molecular formula is C20H20ClN5O3. The minimum absolute atomic E-state index is 0.0595. The van der Waals surface area contributed by atoms with E-state index in [1.807, 2.05) is 6.07 Å². The first-order chi connectivity index (χ1) is 13.8. The molecule has 8 nitrogen and oxygen atoms in total. The molecule has 0 fully saturated rings. The number of carbonyl (C=O) groups excluding carboxylic acids is 3. The molecular weight excluding hydrogens is 394 g/mol. The number of nitrogens with zero attached hydrogens (tertiary/aromatic N) is 3. The summed E-state index contributed by atoms with van der Waals surface area (Å²) in [6, 6.07) is 12.8. The Kier molecular flexibility index (Phi) is 5.84. The Morgan fingerprint density at radius 1 is 1.17 bits per heavy atom. The SMILES string of the molecule is CN(C)C(=O)c1ccc(Cl)c(NC(=O)C2=NN(c3ccccc3)C(C(N)=O)C2)c1. The Labute approximate surface area is 172 Å². The van der Waals surface area contributed by atoms with E-state index in [1.54, 1.807) is 44.4 Å². The predicted octanol–water partition coefficient (Wildman–Crippen LogP) is 2.10. The molecule has 1 heterocycles. The maximum Gasteiger partial charge on any atom is 0.272 e. The molecule has 9 heteroatoms. The number of primary amides is 1. The first kappa shape index (κ1) is 20.3. The average Bonchev–Trinajstić information content (AvgIpc) is 3.15. The van der Waals surface area contributed by atoms with Crippen molar-refractivity contribution in [2.45, 2.75) is 12.5 Å². The van der Waals surface area contributed by atoms with Gasteiger partial charge in [0.2, 0.25) is 5.91 Å². The van der Waals surface area contributed by atoms with Gasteiger partial charge in [-0.3, -0.25) is 19.4 Å². The van der Waals surface area contributed by atoms with E-state index >= 15 is 0 Å². The van der Waals surface area contributed by atoms with Crippen LogP contribution < -0.4 is 16.1 Å². The van der Waals surface area contributed by atoms with Gasteiger partial charge in [0.05, 0.1) is 16.4 Å². The van der Waals surface area contributed by atoms with Crippen molar-refractivity contribution in [1.29, 1.82) is 0 Å². The highest BCUT2D eigenvalue weighted by Crippen LogP contribution is 2.27. The van der Waals surface area contributed by atoms with Crippen LogP contribution >= 0.6 is 11.6 Å². The van der Waals surface area contributed by atoms with Crippen molar-refractivity contribution in [2.75, 3.05) is 24.4 Å². The number of carbonyl (C=O) groups is 3. The zero-order valence-electron chi connectivity index (χ0n) is 15.9. The molecule has 3 N–H and O–H groups in total. The van der Waals surface area contributed by atoms with Crippen LogP contribution in [0.2, 0.25) is 5.02 Å². The molecule has 0 bridgehead atoms. The predicted molar refractivity (Wildman–Crippen MR) is 112 cm³/mol. The molecule has 2 aromatic carbocycles. The number of hydrazone groups is 1. The Hall–Kier alpha value is -3.39. The molecule has 3 amide bonds. The lowest BCUT2D eigenvalue weighted by Crippen LogP contribution is -2.39. The maximum atomic E-state index is 12.8. The third-order valence-corrected chi connectivity index (χ3v) is 4.72. The van der Waals surface area contributed by atoms with Gasteiger partial charge >= 0.3 is 0 Å². The van der Waals surface area contributed by atoms with Crippen molar-refractivity contribution in [3.05, 3.63) is 59.1 Å². The summed E-state index contributed by atoms with van der Waals surface area (Å²) in [5.74, 6) is -1.33. The fraction of sp³-hybridized carbons (Fsp3) is 0.200. The van der Waals surface area contributed by atoms with Gasteiger partial charge in [-0.15, -0.1) is 0 Å². The number of hydrogen-bond acceptors (Lipinski definition) is 5. The first-order valence-corrected chi connectivity index (χ1v) is 9.19. The third-order valence-electron chi connectivity index (χ3n) is 4.39. The van der Waals surface area contributed by atoms with Crippen LogP contribution in [0.4, 0.5) is 11.4 Å². The molecule has 0 saturated heterocycles. The average molecular weight is 414 g/mol. The molecule has 1 aliphatic rings. The highest BCUT2D eigenvalue weighted by molar-refractivity contribution is 6.45. The summed E-state index contributed by atoms with van der Waals surface area (Å²) >= 11 is 6.17. The zero-order chi connectivity index (χ0) is 21.1. The lowest BCUT2D eigenvalue weighted by atomic mass is 10.1. The summed E-state index contributed by atoms with van der Waals surface area (Å²) in [5.41, 5.74) is 6.94. The number of rotatable bonds is 5. The van der Waals surface area contributed by atoms with Crippen LogP contribution in [0.25, 0.3) is 0 Å². The normalized spacial score (nSPS) is 15.6. The number of hydrogen-bond donors (Lipinski definition) is 2. The van der Waals surface area contributed by atoms with E-state index in [0.29, 0.717) is 11.3 Å². The Morgan fingerprint density at radius 3 is 2.48 bits per heavy atom. The topological polar surface area (TPSA) is 108 Å². The lowest BCUT2D eigenvalue weighted by molar-refractivity contribution is -0.119. The van der Waals surface area contributed by atoms with Gasteiger partial charge in [-0.2, -0.15) is 5.10 Å². The smallest absolute Gasteiger partial charge is 0.272 e. The van der Waals surface area contributed by atoms with Crippen molar-refractivity contribution in [3.63, 3.8) is 0 Å². The van der Waals surface area contributed by atoms with Gasteiger partial charge in [-0.25, -0.2) is 0 Å². The van der Waals surface area contributed by atoms with Crippen molar-refractivity contribution in [2.24, 2.45) is 10.8 Å². The number of amides is 3. The summed E-state index contributed by atoms with van der Waals surface area (Å²) in [5, 5.41) is 8.67. The molecule has 3 rings (SSSR count). The lowest BCUT2D eigenvalue weighted by Gasteiger charge is -2.20. The molecule has 1 atom stereocenters. The van der Waals surface area contributed by atoms with Crippen LogP contribution in [0.5, 0.6) is 0 Å². The Morgan fingerprint density at radius 2 is 1.86 bits per heavy atom. The monoisotopic (exact) mass is 413 g/mol. The molecule has 0 aliphatic carbocycles. The highest BCUT2D eigenvalue weighted by atomic mass is 35.5. The summed E-state index contributed by atoms with van der Waals surface area (Å²) in [6.07, 6.45) is 0.0595. The van der Waals surface area contributed by atoms with E-state index < -0.39 is 17.9 Å². The van der Waals surface area contributed by atoms with Crippen LogP contribution in [0, 0.1) is 0 Å². The minimum atomic E-state index is -0.768.